The number of thiophene rings is 1. The summed E-state index contributed by atoms with van der Waals surface area (Å²) in [6.45, 7) is 5.53. The van der Waals surface area contributed by atoms with E-state index in [1.54, 1.807) is 4.57 Å². The minimum Gasteiger partial charge on any atom is -0.368 e. The van der Waals surface area contributed by atoms with E-state index in [2.05, 4.69) is 15.1 Å². The van der Waals surface area contributed by atoms with E-state index in [1.165, 1.54) is 11.3 Å². The molecule has 33 heavy (non-hydrogen) atoms. The first-order valence-corrected chi connectivity index (χ1v) is 12.4. The Bertz CT molecular complexity index is 1370. The highest BCUT2D eigenvalue weighted by Crippen LogP contribution is 2.22. The Morgan fingerprint density at radius 1 is 1.15 bits per heavy atom. The fourth-order valence-corrected chi connectivity index (χ4v) is 5.44. The van der Waals surface area contributed by atoms with E-state index in [9.17, 15) is 9.59 Å². The molecule has 1 amide bonds. The van der Waals surface area contributed by atoms with Crippen molar-refractivity contribution < 1.29 is 4.79 Å². The van der Waals surface area contributed by atoms with Crippen LogP contribution in [0.5, 0.6) is 0 Å². The van der Waals surface area contributed by atoms with Crippen molar-refractivity contribution in [3.8, 4) is 0 Å². The first-order valence-electron chi connectivity index (χ1n) is 11.2. The number of halogens is 1. The maximum absolute atomic E-state index is 12.9. The number of fused-ring (bicyclic) bond motifs is 3. The molecule has 4 heterocycles. The molecule has 0 N–H and O–H groups in total. The van der Waals surface area contributed by atoms with Gasteiger partial charge in [-0.1, -0.05) is 24.6 Å². The van der Waals surface area contributed by atoms with Crippen LogP contribution in [0, 0.1) is 0 Å². The lowest BCUT2D eigenvalue weighted by atomic mass is 10.2. The number of hydrogen-bond acceptors (Lipinski definition) is 6. The van der Waals surface area contributed by atoms with Crippen molar-refractivity contribution in [2.75, 3.05) is 31.1 Å². The van der Waals surface area contributed by atoms with Crippen LogP contribution in [0.3, 0.4) is 0 Å². The van der Waals surface area contributed by atoms with Gasteiger partial charge in [0.2, 0.25) is 11.7 Å². The number of carbonyl (C=O) groups excluding carboxylic acids is 1. The van der Waals surface area contributed by atoms with E-state index in [0.717, 1.165) is 35.7 Å². The molecule has 1 aliphatic heterocycles. The molecule has 1 saturated heterocycles. The minimum atomic E-state index is -0.0260. The van der Waals surface area contributed by atoms with Gasteiger partial charge in [-0.25, -0.2) is 0 Å². The molecular weight excluding hydrogens is 460 g/mol. The highest BCUT2D eigenvalue weighted by molar-refractivity contribution is 7.17. The molecule has 0 radical (unpaired) electrons. The number of aromatic nitrogens is 4. The summed E-state index contributed by atoms with van der Waals surface area (Å²) in [4.78, 5) is 29.9. The summed E-state index contributed by atoms with van der Waals surface area (Å²) in [5, 5.41) is 11.3. The Kier molecular flexibility index (Phi) is 6.07. The number of carbonyl (C=O) groups is 1. The van der Waals surface area contributed by atoms with E-state index >= 15 is 0 Å². The Balaban J connectivity index is 1.29. The third-order valence-corrected chi connectivity index (χ3v) is 7.22. The van der Waals surface area contributed by atoms with Crippen molar-refractivity contribution in [3.05, 3.63) is 56.9 Å². The topological polar surface area (TPSA) is 75.7 Å². The van der Waals surface area contributed by atoms with Crippen molar-refractivity contribution in [2.45, 2.75) is 32.7 Å². The van der Waals surface area contributed by atoms with Crippen LogP contribution in [-0.2, 0) is 17.8 Å². The molecule has 0 spiro atoms. The Hall–Kier alpha value is -2.91. The lowest BCUT2D eigenvalue weighted by molar-refractivity contribution is -0.131. The van der Waals surface area contributed by atoms with Gasteiger partial charge >= 0.3 is 0 Å². The monoisotopic (exact) mass is 484 g/mol. The molecule has 0 saturated carbocycles. The van der Waals surface area contributed by atoms with E-state index in [0.29, 0.717) is 48.8 Å². The zero-order valence-electron chi connectivity index (χ0n) is 18.4. The van der Waals surface area contributed by atoms with Gasteiger partial charge in [-0.2, -0.15) is 0 Å². The van der Waals surface area contributed by atoms with Crippen LogP contribution in [-0.4, -0.2) is 56.2 Å². The molecular formula is C23H25ClN6O2S. The second-order valence-electron chi connectivity index (χ2n) is 8.19. The van der Waals surface area contributed by atoms with Gasteiger partial charge in [0.15, 0.2) is 0 Å². The fraction of sp³-hybridized carbons (Fsp3) is 0.391. The number of aryl methyl sites for hydroxylation is 2. The second-order valence-corrected chi connectivity index (χ2v) is 9.54. The molecule has 4 aromatic rings. The predicted molar refractivity (Wildman–Crippen MR) is 131 cm³/mol. The maximum atomic E-state index is 12.9. The molecule has 1 aliphatic rings. The summed E-state index contributed by atoms with van der Waals surface area (Å²) in [5.41, 5.74) is 1.87. The fourth-order valence-electron chi connectivity index (χ4n) is 4.43. The normalized spacial score (nSPS) is 14.5. The molecule has 172 valence electrons. The van der Waals surface area contributed by atoms with Gasteiger partial charge in [-0.05, 0) is 36.1 Å². The molecule has 8 nitrogen and oxygen atoms in total. The van der Waals surface area contributed by atoms with Gasteiger partial charge in [-0.15, -0.1) is 21.5 Å². The number of hydrogen-bond donors (Lipinski definition) is 0. The van der Waals surface area contributed by atoms with Gasteiger partial charge < -0.3 is 9.80 Å². The van der Waals surface area contributed by atoms with Crippen molar-refractivity contribution in [1.82, 2.24) is 24.1 Å². The zero-order valence-corrected chi connectivity index (χ0v) is 20.0. The third-order valence-electron chi connectivity index (χ3n) is 6.09. The molecule has 0 bridgehead atoms. The second kappa shape index (κ2) is 9.15. The summed E-state index contributed by atoms with van der Waals surface area (Å²) in [7, 11) is 0. The van der Waals surface area contributed by atoms with Crippen molar-refractivity contribution in [2.24, 2.45) is 0 Å². The average molecular weight is 485 g/mol. The molecule has 10 heteroatoms. The lowest BCUT2D eigenvalue weighted by Gasteiger charge is -2.36. The SMILES string of the molecule is CCCn1c(=O)c2sccc2n2c(CCC(=O)N3CCN(c4cccc(Cl)c4)CC3)nnc12. The number of rotatable bonds is 6. The van der Waals surface area contributed by atoms with Gasteiger partial charge in [0.05, 0.1) is 5.52 Å². The largest absolute Gasteiger partial charge is 0.368 e. The number of piperazine rings is 1. The molecule has 0 unspecified atom stereocenters. The van der Waals surface area contributed by atoms with Crippen LogP contribution in [0.25, 0.3) is 16.0 Å². The molecule has 3 aromatic heterocycles. The summed E-state index contributed by atoms with van der Waals surface area (Å²) in [6, 6.07) is 9.74. The smallest absolute Gasteiger partial charge is 0.272 e. The zero-order chi connectivity index (χ0) is 22.9. The number of amides is 1. The first-order chi connectivity index (χ1) is 16.1. The van der Waals surface area contributed by atoms with Crippen LogP contribution < -0.4 is 10.5 Å². The van der Waals surface area contributed by atoms with Gasteiger partial charge in [0.25, 0.3) is 5.56 Å². The van der Waals surface area contributed by atoms with E-state index in [-0.39, 0.29) is 11.5 Å². The van der Waals surface area contributed by atoms with Crippen LogP contribution in [0.4, 0.5) is 5.69 Å². The predicted octanol–water partition coefficient (Wildman–Crippen LogP) is 3.45. The quantitative estimate of drug-likeness (QED) is 0.419. The maximum Gasteiger partial charge on any atom is 0.272 e. The summed E-state index contributed by atoms with van der Waals surface area (Å²) >= 11 is 7.55. The van der Waals surface area contributed by atoms with E-state index < -0.39 is 0 Å². The molecule has 0 aliphatic carbocycles. The lowest BCUT2D eigenvalue weighted by Crippen LogP contribution is -2.48. The van der Waals surface area contributed by atoms with Crippen LogP contribution in [0.2, 0.25) is 5.02 Å². The Labute approximate surface area is 200 Å². The number of benzene rings is 1. The average Bonchev–Trinajstić information content (AvgIpc) is 3.47. The highest BCUT2D eigenvalue weighted by Gasteiger charge is 2.23. The van der Waals surface area contributed by atoms with Crippen molar-refractivity contribution in [3.63, 3.8) is 0 Å². The highest BCUT2D eigenvalue weighted by atomic mass is 35.5. The molecule has 1 aromatic carbocycles. The number of nitrogens with zero attached hydrogens (tertiary/aromatic N) is 6. The molecule has 0 atom stereocenters. The van der Waals surface area contributed by atoms with Gasteiger partial charge in [0, 0.05) is 56.3 Å². The molecule has 1 fully saturated rings. The molecule has 5 rings (SSSR count). The first kappa shape index (κ1) is 21.9. The van der Waals surface area contributed by atoms with E-state index in [1.807, 2.05) is 51.9 Å². The van der Waals surface area contributed by atoms with Crippen molar-refractivity contribution in [1.29, 1.82) is 0 Å². The summed E-state index contributed by atoms with van der Waals surface area (Å²) in [6.07, 6.45) is 1.66. The number of anilines is 1. The van der Waals surface area contributed by atoms with Crippen molar-refractivity contribution >= 4 is 50.5 Å². The van der Waals surface area contributed by atoms with Gasteiger partial charge in [-0.3, -0.25) is 18.6 Å². The van der Waals surface area contributed by atoms with Crippen LogP contribution in [0.15, 0.2) is 40.5 Å². The Morgan fingerprint density at radius 2 is 1.97 bits per heavy atom. The van der Waals surface area contributed by atoms with E-state index in [4.69, 9.17) is 11.6 Å². The van der Waals surface area contributed by atoms with Crippen LogP contribution in [0.1, 0.15) is 25.6 Å². The summed E-state index contributed by atoms with van der Waals surface area (Å²) in [5.74, 6) is 1.37. The van der Waals surface area contributed by atoms with Gasteiger partial charge in [0.1, 0.15) is 10.5 Å². The third kappa shape index (κ3) is 4.11. The van der Waals surface area contributed by atoms with Crippen LogP contribution >= 0.6 is 22.9 Å². The standard InChI is InChI=1S/C23H25ClN6O2S/c1-2-9-29-22(32)21-18(8-14-33-21)30-19(25-26-23(29)30)6-7-20(31)28-12-10-27(11-13-28)17-5-3-4-16(24)15-17/h3-5,8,14-15H,2,6-7,9-13H2,1H3. The minimum absolute atomic E-state index is 0.0260. The summed E-state index contributed by atoms with van der Waals surface area (Å²) < 4.78 is 4.32. The Morgan fingerprint density at radius 3 is 2.73 bits per heavy atom.